The summed E-state index contributed by atoms with van der Waals surface area (Å²) in [6.07, 6.45) is 1.13. The van der Waals surface area contributed by atoms with Crippen molar-refractivity contribution in [2.24, 2.45) is 4.99 Å². The zero-order chi connectivity index (χ0) is 15.2. The van der Waals surface area contributed by atoms with Gasteiger partial charge in [0.25, 0.3) is 0 Å². The predicted molar refractivity (Wildman–Crippen MR) is 93.5 cm³/mol. The van der Waals surface area contributed by atoms with Gasteiger partial charge in [-0.05, 0) is 0 Å². The molecule has 0 unspecified atom stereocenters. The first-order valence-electron chi connectivity index (χ1n) is 6.49. The Hall–Kier alpha value is -0.620. The minimum atomic E-state index is -3.16. The van der Waals surface area contributed by atoms with Crippen molar-refractivity contribution in [1.82, 2.24) is 19.8 Å². The van der Waals surface area contributed by atoms with Gasteiger partial charge in [0, 0.05) is 53.2 Å². The Morgan fingerprint density at radius 2 is 1.67 bits per heavy atom. The van der Waals surface area contributed by atoms with E-state index in [1.54, 1.807) is 18.9 Å². The van der Waals surface area contributed by atoms with Crippen LogP contribution in [0.25, 0.3) is 0 Å². The summed E-state index contributed by atoms with van der Waals surface area (Å²) in [6, 6.07) is 0. The Kier molecular flexibility index (Phi) is 9.13. The molecule has 0 bridgehead atoms. The normalized spacial score (nSPS) is 16.4. The van der Waals surface area contributed by atoms with Crippen LogP contribution < -0.4 is 10.0 Å². The molecule has 21 heavy (non-hydrogen) atoms. The standard InChI is InChI=1S/C11H23N5O3S.HI/c1-10(17)15-6-8-16(9-7-15)11(12-2)13-4-5-14-20(3,18)19;/h14H,4-9H2,1-3H3,(H,12,13);1H. The van der Waals surface area contributed by atoms with Crippen LogP contribution in [0.3, 0.4) is 0 Å². The van der Waals surface area contributed by atoms with Crippen LogP contribution in [0, 0.1) is 0 Å². The number of rotatable bonds is 4. The number of carbonyl (C=O) groups excluding carboxylic acids is 1. The van der Waals surface area contributed by atoms with Crippen molar-refractivity contribution in [3.05, 3.63) is 0 Å². The van der Waals surface area contributed by atoms with Gasteiger partial charge in [-0.2, -0.15) is 0 Å². The van der Waals surface area contributed by atoms with Gasteiger partial charge < -0.3 is 15.1 Å². The van der Waals surface area contributed by atoms with E-state index < -0.39 is 10.0 Å². The molecule has 0 spiro atoms. The van der Waals surface area contributed by atoms with E-state index in [-0.39, 0.29) is 29.9 Å². The van der Waals surface area contributed by atoms with Crippen LogP contribution in [0.15, 0.2) is 4.99 Å². The molecule has 124 valence electrons. The summed E-state index contributed by atoms with van der Waals surface area (Å²) in [5.41, 5.74) is 0. The SMILES string of the molecule is CN=C(NCCNS(C)(=O)=O)N1CCN(C(C)=O)CC1.I. The quantitative estimate of drug-likeness (QED) is 0.254. The van der Waals surface area contributed by atoms with Crippen LogP contribution in [0.1, 0.15) is 6.92 Å². The van der Waals surface area contributed by atoms with Crippen molar-refractivity contribution in [2.75, 3.05) is 52.6 Å². The third kappa shape index (κ3) is 7.81. The number of carbonyl (C=O) groups is 1. The largest absolute Gasteiger partial charge is 0.355 e. The fourth-order valence-corrected chi connectivity index (χ4v) is 2.45. The maximum Gasteiger partial charge on any atom is 0.219 e. The van der Waals surface area contributed by atoms with Crippen LogP contribution in [0.4, 0.5) is 0 Å². The Morgan fingerprint density at radius 3 is 2.10 bits per heavy atom. The van der Waals surface area contributed by atoms with Crippen molar-refractivity contribution < 1.29 is 13.2 Å². The van der Waals surface area contributed by atoms with E-state index in [2.05, 4.69) is 19.9 Å². The molecule has 0 radical (unpaired) electrons. The predicted octanol–water partition coefficient (Wildman–Crippen LogP) is -1.11. The topological polar surface area (TPSA) is 94.1 Å². The Bertz CT molecular complexity index is 460. The molecule has 0 atom stereocenters. The second kappa shape index (κ2) is 9.41. The van der Waals surface area contributed by atoms with Crippen LogP contribution in [0.2, 0.25) is 0 Å². The highest BCUT2D eigenvalue weighted by Crippen LogP contribution is 2.02. The molecule has 8 nitrogen and oxygen atoms in total. The molecule has 1 heterocycles. The molecule has 0 aliphatic carbocycles. The summed E-state index contributed by atoms with van der Waals surface area (Å²) in [7, 11) is -1.47. The first kappa shape index (κ1) is 20.4. The zero-order valence-corrected chi connectivity index (χ0v) is 15.8. The van der Waals surface area contributed by atoms with Crippen LogP contribution in [-0.4, -0.2) is 82.7 Å². The number of halogens is 1. The molecular weight excluding hydrogens is 409 g/mol. The molecule has 1 rings (SSSR count). The van der Waals surface area contributed by atoms with Gasteiger partial charge in [0.1, 0.15) is 0 Å². The smallest absolute Gasteiger partial charge is 0.219 e. The van der Waals surface area contributed by atoms with E-state index in [1.165, 1.54) is 0 Å². The van der Waals surface area contributed by atoms with Gasteiger partial charge in [0.2, 0.25) is 15.9 Å². The van der Waals surface area contributed by atoms with Crippen molar-refractivity contribution in [3.8, 4) is 0 Å². The summed E-state index contributed by atoms with van der Waals surface area (Å²) in [6.45, 7) is 5.14. The number of hydrogen-bond acceptors (Lipinski definition) is 4. The number of aliphatic imine (C=N–C) groups is 1. The minimum Gasteiger partial charge on any atom is -0.355 e. The van der Waals surface area contributed by atoms with Crippen molar-refractivity contribution in [2.45, 2.75) is 6.92 Å². The monoisotopic (exact) mass is 433 g/mol. The number of nitrogens with zero attached hydrogens (tertiary/aromatic N) is 3. The van der Waals surface area contributed by atoms with Crippen LogP contribution >= 0.6 is 24.0 Å². The number of sulfonamides is 1. The highest BCUT2D eigenvalue weighted by atomic mass is 127. The van der Waals surface area contributed by atoms with E-state index in [4.69, 9.17) is 0 Å². The summed E-state index contributed by atoms with van der Waals surface area (Å²) < 4.78 is 24.3. The number of amides is 1. The first-order chi connectivity index (χ1) is 9.33. The van der Waals surface area contributed by atoms with E-state index in [0.717, 1.165) is 25.3 Å². The maximum absolute atomic E-state index is 11.2. The average molecular weight is 433 g/mol. The zero-order valence-electron chi connectivity index (χ0n) is 12.6. The summed E-state index contributed by atoms with van der Waals surface area (Å²) in [5, 5.41) is 3.10. The molecule has 1 saturated heterocycles. The molecule has 1 aliphatic rings. The van der Waals surface area contributed by atoms with Crippen molar-refractivity contribution in [1.29, 1.82) is 0 Å². The molecule has 0 saturated carbocycles. The van der Waals surface area contributed by atoms with Gasteiger partial charge in [0.15, 0.2) is 5.96 Å². The minimum absolute atomic E-state index is 0. The lowest BCUT2D eigenvalue weighted by atomic mass is 10.3. The second-order valence-corrected chi connectivity index (χ2v) is 6.47. The molecule has 1 amide bonds. The fourth-order valence-electron chi connectivity index (χ4n) is 1.98. The van der Waals surface area contributed by atoms with Gasteiger partial charge in [-0.25, -0.2) is 13.1 Å². The lowest BCUT2D eigenvalue weighted by Gasteiger charge is -2.36. The van der Waals surface area contributed by atoms with Gasteiger partial charge >= 0.3 is 0 Å². The molecule has 0 aromatic carbocycles. The molecule has 0 aromatic heterocycles. The highest BCUT2D eigenvalue weighted by molar-refractivity contribution is 14.0. The van der Waals surface area contributed by atoms with Gasteiger partial charge in [-0.1, -0.05) is 0 Å². The molecule has 10 heteroatoms. The lowest BCUT2D eigenvalue weighted by Crippen LogP contribution is -2.54. The first-order valence-corrected chi connectivity index (χ1v) is 8.38. The maximum atomic E-state index is 11.2. The van der Waals surface area contributed by atoms with E-state index in [0.29, 0.717) is 26.2 Å². The third-order valence-electron chi connectivity index (χ3n) is 3.01. The van der Waals surface area contributed by atoms with Gasteiger partial charge in [0.05, 0.1) is 6.26 Å². The Labute approximate surface area is 143 Å². The lowest BCUT2D eigenvalue weighted by molar-refractivity contribution is -0.130. The van der Waals surface area contributed by atoms with Crippen molar-refractivity contribution >= 4 is 45.9 Å². The van der Waals surface area contributed by atoms with E-state index >= 15 is 0 Å². The number of nitrogens with one attached hydrogen (secondary N) is 2. The third-order valence-corrected chi connectivity index (χ3v) is 3.74. The number of guanidine groups is 1. The molecule has 0 aromatic rings. The summed E-state index contributed by atoms with van der Waals surface area (Å²) in [5.74, 6) is 0.813. The Balaban J connectivity index is 0.00000400. The van der Waals surface area contributed by atoms with Crippen molar-refractivity contribution in [3.63, 3.8) is 0 Å². The van der Waals surface area contributed by atoms with E-state index in [1.807, 2.05) is 0 Å². The number of piperazine rings is 1. The van der Waals surface area contributed by atoms with Crippen LogP contribution in [-0.2, 0) is 14.8 Å². The fraction of sp³-hybridized carbons (Fsp3) is 0.818. The second-order valence-electron chi connectivity index (χ2n) is 4.63. The highest BCUT2D eigenvalue weighted by Gasteiger charge is 2.20. The molecular formula is C11H24IN5O3S. The number of hydrogen-bond donors (Lipinski definition) is 2. The van der Waals surface area contributed by atoms with Gasteiger partial charge in [-0.3, -0.25) is 9.79 Å². The summed E-state index contributed by atoms with van der Waals surface area (Å²) in [4.78, 5) is 19.3. The molecule has 1 fully saturated rings. The van der Waals surface area contributed by atoms with Gasteiger partial charge in [-0.15, -0.1) is 24.0 Å². The molecule has 2 N–H and O–H groups in total. The van der Waals surface area contributed by atoms with E-state index in [9.17, 15) is 13.2 Å². The Morgan fingerprint density at radius 1 is 1.14 bits per heavy atom. The van der Waals surface area contributed by atoms with Crippen LogP contribution in [0.5, 0.6) is 0 Å². The molecule has 1 aliphatic heterocycles. The average Bonchev–Trinajstić information content (AvgIpc) is 2.38. The summed E-state index contributed by atoms with van der Waals surface area (Å²) >= 11 is 0.